The maximum Gasteiger partial charge on any atom is 0.122 e. The van der Waals surface area contributed by atoms with Crippen molar-refractivity contribution in [2.75, 3.05) is 7.11 Å². The van der Waals surface area contributed by atoms with Crippen molar-refractivity contribution in [2.45, 2.75) is 32.9 Å². The van der Waals surface area contributed by atoms with Gasteiger partial charge in [-0.15, -0.1) is 0 Å². The molecule has 0 saturated heterocycles. The zero-order chi connectivity index (χ0) is 14.5. The highest BCUT2D eigenvalue weighted by Crippen LogP contribution is 2.24. The molecule has 20 heavy (non-hydrogen) atoms. The smallest absolute Gasteiger partial charge is 0.122 e. The van der Waals surface area contributed by atoms with E-state index in [4.69, 9.17) is 10.6 Å². The quantitative estimate of drug-likeness (QED) is 0.624. The predicted molar refractivity (Wildman–Crippen MR) is 79.4 cm³/mol. The molecular weight excluding hydrogens is 252 g/mol. The molecule has 1 unspecified atom stereocenters. The standard InChI is InChI=1S/C15H22N4O/c1-4-19-8-7-17-15(19)10-13(18-16)12-6-5-11(2)14(9-12)20-3/h5-9,13,18H,4,10,16H2,1-3H3. The Labute approximate surface area is 119 Å². The number of imidazole rings is 1. The fourth-order valence-electron chi connectivity index (χ4n) is 2.33. The topological polar surface area (TPSA) is 65.1 Å². The molecule has 0 aliphatic rings. The number of aryl methyl sites for hydroxylation is 2. The van der Waals surface area contributed by atoms with Crippen LogP contribution < -0.4 is 16.0 Å². The van der Waals surface area contributed by atoms with Gasteiger partial charge in [0.25, 0.3) is 0 Å². The van der Waals surface area contributed by atoms with E-state index in [9.17, 15) is 0 Å². The highest BCUT2D eigenvalue weighted by atomic mass is 16.5. The molecule has 5 heteroatoms. The van der Waals surface area contributed by atoms with Gasteiger partial charge in [0.2, 0.25) is 0 Å². The Kier molecular flexibility index (Phi) is 4.76. The van der Waals surface area contributed by atoms with Crippen LogP contribution in [0.15, 0.2) is 30.6 Å². The van der Waals surface area contributed by atoms with E-state index in [2.05, 4.69) is 28.0 Å². The highest BCUT2D eigenvalue weighted by Gasteiger charge is 2.15. The molecule has 1 atom stereocenters. The van der Waals surface area contributed by atoms with Crippen molar-refractivity contribution < 1.29 is 4.74 Å². The fourth-order valence-corrected chi connectivity index (χ4v) is 2.33. The molecule has 0 fully saturated rings. The molecule has 3 N–H and O–H groups in total. The van der Waals surface area contributed by atoms with Crippen LogP contribution >= 0.6 is 0 Å². The SMILES string of the molecule is CCn1ccnc1CC(NN)c1ccc(C)c(OC)c1. The Balaban J connectivity index is 2.24. The second-order valence-electron chi connectivity index (χ2n) is 4.78. The molecule has 0 spiro atoms. The van der Waals surface area contributed by atoms with Crippen LogP contribution in [0.5, 0.6) is 5.75 Å². The van der Waals surface area contributed by atoms with E-state index in [-0.39, 0.29) is 6.04 Å². The van der Waals surface area contributed by atoms with Crippen molar-refractivity contribution in [1.29, 1.82) is 0 Å². The molecule has 0 amide bonds. The van der Waals surface area contributed by atoms with Gasteiger partial charge in [0.1, 0.15) is 11.6 Å². The predicted octanol–water partition coefficient (Wildman–Crippen LogP) is 1.97. The Bertz CT molecular complexity index is 565. The number of hydrogen-bond acceptors (Lipinski definition) is 4. The summed E-state index contributed by atoms with van der Waals surface area (Å²) < 4.78 is 7.49. The number of nitrogens with zero attached hydrogens (tertiary/aromatic N) is 2. The van der Waals surface area contributed by atoms with Gasteiger partial charge in [-0.1, -0.05) is 12.1 Å². The van der Waals surface area contributed by atoms with E-state index in [0.717, 1.165) is 35.7 Å². The normalized spacial score (nSPS) is 12.4. The third-order valence-corrected chi connectivity index (χ3v) is 3.56. The zero-order valence-corrected chi connectivity index (χ0v) is 12.3. The van der Waals surface area contributed by atoms with Crippen LogP contribution in [0.2, 0.25) is 0 Å². The summed E-state index contributed by atoms with van der Waals surface area (Å²) in [5.41, 5.74) is 5.08. The lowest BCUT2D eigenvalue weighted by molar-refractivity contribution is 0.409. The second-order valence-corrected chi connectivity index (χ2v) is 4.78. The minimum atomic E-state index is 0.0113. The van der Waals surface area contributed by atoms with Gasteiger partial charge in [-0.3, -0.25) is 11.3 Å². The van der Waals surface area contributed by atoms with Crippen LogP contribution in [0.25, 0.3) is 0 Å². The van der Waals surface area contributed by atoms with E-state index in [1.165, 1.54) is 0 Å². The molecular formula is C15H22N4O. The van der Waals surface area contributed by atoms with E-state index in [1.807, 2.05) is 31.5 Å². The average Bonchev–Trinajstić information content (AvgIpc) is 2.92. The molecule has 1 heterocycles. The number of rotatable bonds is 6. The molecule has 2 rings (SSSR count). The van der Waals surface area contributed by atoms with E-state index < -0.39 is 0 Å². The number of benzene rings is 1. The summed E-state index contributed by atoms with van der Waals surface area (Å²) in [6.07, 6.45) is 4.55. The van der Waals surface area contributed by atoms with Gasteiger partial charge in [0.05, 0.1) is 13.2 Å². The first-order chi connectivity index (χ1) is 9.69. The van der Waals surface area contributed by atoms with Crippen molar-refractivity contribution in [1.82, 2.24) is 15.0 Å². The van der Waals surface area contributed by atoms with Crippen molar-refractivity contribution >= 4 is 0 Å². The van der Waals surface area contributed by atoms with Crippen LogP contribution in [0.4, 0.5) is 0 Å². The zero-order valence-electron chi connectivity index (χ0n) is 12.3. The maximum atomic E-state index is 5.71. The first kappa shape index (κ1) is 14.6. The molecule has 5 nitrogen and oxygen atoms in total. The Hall–Kier alpha value is -1.85. The number of hydrazine groups is 1. The Morgan fingerprint density at radius 2 is 2.25 bits per heavy atom. The molecule has 1 aromatic carbocycles. The van der Waals surface area contributed by atoms with Crippen molar-refractivity contribution in [3.05, 3.63) is 47.5 Å². The summed E-state index contributed by atoms with van der Waals surface area (Å²) in [5.74, 6) is 7.61. The minimum absolute atomic E-state index is 0.0113. The summed E-state index contributed by atoms with van der Waals surface area (Å²) in [5, 5.41) is 0. The van der Waals surface area contributed by atoms with Gasteiger partial charge in [-0.25, -0.2) is 4.98 Å². The fraction of sp³-hybridized carbons (Fsp3) is 0.400. The lowest BCUT2D eigenvalue weighted by Crippen LogP contribution is -2.30. The highest BCUT2D eigenvalue weighted by molar-refractivity contribution is 5.38. The van der Waals surface area contributed by atoms with Gasteiger partial charge in [0, 0.05) is 25.4 Å². The Morgan fingerprint density at radius 3 is 2.90 bits per heavy atom. The maximum absolute atomic E-state index is 5.71. The third kappa shape index (κ3) is 3.00. The Morgan fingerprint density at radius 1 is 1.45 bits per heavy atom. The molecule has 0 bridgehead atoms. The summed E-state index contributed by atoms with van der Waals surface area (Å²) in [6.45, 7) is 5.03. The van der Waals surface area contributed by atoms with Gasteiger partial charge in [-0.2, -0.15) is 0 Å². The first-order valence-electron chi connectivity index (χ1n) is 6.80. The first-order valence-corrected chi connectivity index (χ1v) is 6.80. The molecule has 0 aliphatic carbocycles. The van der Waals surface area contributed by atoms with Gasteiger partial charge < -0.3 is 9.30 Å². The molecule has 0 radical (unpaired) electrons. The number of nitrogens with two attached hydrogens (primary N) is 1. The molecule has 0 saturated carbocycles. The van der Waals surface area contributed by atoms with E-state index in [0.29, 0.717) is 0 Å². The van der Waals surface area contributed by atoms with E-state index in [1.54, 1.807) is 7.11 Å². The van der Waals surface area contributed by atoms with Crippen LogP contribution in [0.3, 0.4) is 0 Å². The average molecular weight is 274 g/mol. The second kappa shape index (κ2) is 6.54. The molecule has 2 aromatic rings. The van der Waals surface area contributed by atoms with Crippen molar-refractivity contribution in [3.63, 3.8) is 0 Å². The van der Waals surface area contributed by atoms with Crippen LogP contribution in [0, 0.1) is 6.92 Å². The van der Waals surface area contributed by atoms with E-state index >= 15 is 0 Å². The van der Waals surface area contributed by atoms with Crippen LogP contribution in [-0.4, -0.2) is 16.7 Å². The van der Waals surface area contributed by atoms with Crippen molar-refractivity contribution in [2.24, 2.45) is 5.84 Å². The number of ether oxygens (including phenoxy) is 1. The van der Waals surface area contributed by atoms with Crippen LogP contribution in [0.1, 0.15) is 29.9 Å². The number of hydrogen-bond donors (Lipinski definition) is 2. The van der Waals surface area contributed by atoms with Crippen molar-refractivity contribution in [3.8, 4) is 5.75 Å². The monoisotopic (exact) mass is 274 g/mol. The number of methoxy groups -OCH3 is 1. The van der Waals surface area contributed by atoms with Gasteiger partial charge in [0.15, 0.2) is 0 Å². The van der Waals surface area contributed by atoms with Gasteiger partial charge >= 0.3 is 0 Å². The molecule has 1 aromatic heterocycles. The molecule has 108 valence electrons. The van der Waals surface area contributed by atoms with Crippen LogP contribution in [-0.2, 0) is 13.0 Å². The summed E-state index contributed by atoms with van der Waals surface area (Å²) in [6, 6.07) is 6.16. The summed E-state index contributed by atoms with van der Waals surface area (Å²) in [7, 11) is 1.68. The largest absolute Gasteiger partial charge is 0.496 e. The molecule has 0 aliphatic heterocycles. The summed E-state index contributed by atoms with van der Waals surface area (Å²) in [4.78, 5) is 4.40. The number of aromatic nitrogens is 2. The third-order valence-electron chi connectivity index (χ3n) is 3.56. The minimum Gasteiger partial charge on any atom is -0.496 e. The lowest BCUT2D eigenvalue weighted by Gasteiger charge is -2.18. The summed E-state index contributed by atoms with van der Waals surface area (Å²) >= 11 is 0. The number of nitrogens with one attached hydrogen (secondary N) is 1. The lowest BCUT2D eigenvalue weighted by atomic mass is 10.0. The van der Waals surface area contributed by atoms with Gasteiger partial charge in [-0.05, 0) is 31.0 Å².